The van der Waals surface area contributed by atoms with E-state index in [9.17, 15) is 35.5 Å². The molecule has 0 bridgehead atoms. The monoisotopic (exact) mass is 428 g/mol. The van der Waals surface area contributed by atoms with Gasteiger partial charge in [-0.05, 0) is 42.3 Å². The van der Waals surface area contributed by atoms with Gasteiger partial charge in [-0.15, -0.1) is 0 Å². The van der Waals surface area contributed by atoms with E-state index in [-0.39, 0.29) is 23.1 Å². The molecule has 0 atom stereocenters. The lowest BCUT2D eigenvalue weighted by Gasteiger charge is -2.11. The number of carbonyl (C=O) groups is 2. The molecule has 2 aromatic carbocycles. The van der Waals surface area contributed by atoms with Gasteiger partial charge in [-0.25, -0.2) is 0 Å². The second kappa shape index (κ2) is 7.80. The fourth-order valence-electron chi connectivity index (χ4n) is 2.37. The molecule has 0 saturated carbocycles. The molecule has 0 aliphatic carbocycles. The summed E-state index contributed by atoms with van der Waals surface area (Å²) >= 11 is 0. The van der Waals surface area contributed by atoms with Gasteiger partial charge in [-0.1, -0.05) is 19.1 Å². The average molecular weight is 428 g/mol. The summed E-state index contributed by atoms with van der Waals surface area (Å²) < 4.78 is 70.2. The van der Waals surface area contributed by atoms with E-state index < -0.39 is 47.5 Å². The van der Waals surface area contributed by atoms with E-state index >= 15 is 0 Å². The maximum Gasteiger partial charge on any atom is 0.310 e. The number of rotatable bonds is 6. The van der Waals surface area contributed by atoms with Gasteiger partial charge in [0.25, 0.3) is 20.2 Å². The predicted octanol–water partition coefficient (Wildman–Crippen LogP) is 2.37. The van der Waals surface area contributed by atoms with E-state index in [0.29, 0.717) is 0 Å². The Morgan fingerprint density at radius 1 is 0.893 bits per heavy atom. The van der Waals surface area contributed by atoms with Crippen LogP contribution in [0.3, 0.4) is 0 Å². The lowest BCUT2D eigenvalue weighted by atomic mass is 10.0. The first-order chi connectivity index (χ1) is 12.8. The summed E-state index contributed by atoms with van der Waals surface area (Å²) in [5, 5.41) is 0. The van der Waals surface area contributed by atoms with Crippen LogP contribution in [0.1, 0.15) is 30.6 Å². The average Bonchev–Trinajstić information content (AvgIpc) is 2.59. The molecule has 0 aromatic heterocycles. The van der Waals surface area contributed by atoms with Gasteiger partial charge in [0.05, 0.1) is 0 Å². The summed E-state index contributed by atoms with van der Waals surface area (Å²) in [6.45, 7) is 2.62. The predicted molar refractivity (Wildman–Crippen MR) is 97.4 cm³/mol. The zero-order valence-corrected chi connectivity index (χ0v) is 16.4. The van der Waals surface area contributed by atoms with Crippen molar-refractivity contribution < 1.29 is 40.3 Å². The van der Waals surface area contributed by atoms with Gasteiger partial charge in [0, 0.05) is 12.0 Å². The molecule has 0 aliphatic rings. The van der Waals surface area contributed by atoms with E-state index in [1.54, 1.807) is 0 Å². The van der Waals surface area contributed by atoms with Crippen LogP contribution in [-0.2, 0) is 25.0 Å². The van der Waals surface area contributed by atoms with Crippen molar-refractivity contribution in [3.8, 4) is 16.9 Å². The lowest BCUT2D eigenvalue weighted by Crippen LogP contribution is -2.10. The number of carbonyl (C=O) groups excluding carboxylic acids is 2. The van der Waals surface area contributed by atoms with Gasteiger partial charge in [-0.2, -0.15) is 16.8 Å². The van der Waals surface area contributed by atoms with Gasteiger partial charge < -0.3 is 4.74 Å². The minimum Gasteiger partial charge on any atom is -0.425 e. The molecule has 28 heavy (non-hydrogen) atoms. The third-order valence-corrected chi connectivity index (χ3v) is 5.47. The topological polar surface area (TPSA) is 152 Å². The fraction of sp³-hybridized carbons (Fsp3) is 0.176. The van der Waals surface area contributed by atoms with E-state index in [4.69, 9.17) is 4.74 Å². The summed E-state index contributed by atoms with van der Waals surface area (Å²) in [5.41, 5.74) is 0.0227. The van der Waals surface area contributed by atoms with Crippen molar-refractivity contribution in [3.05, 3.63) is 42.0 Å². The second-order valence-electron chi connectivity index (χ2n) is 5.71. The van der Waals surface area contributed by atoms with E-state index in [0.717, 1.165) is 25.1 Å². The van der Waals surface area contributed by atoms with Crippen molar-refractivity contribution in [2.45, 2.75) is 30.1 Å². The SMILES string of the molecule is CCC(=O)Oc1ccc(-c2ccc(C(C)=O)c(S(=O)(=O)O)c2)cc1S(=O)(=O)O. The molecule has 0 saturated heterocycles. The van der Waals surface area contributed by atoms with Crippen molar-refractivity contribution in [2.75, 3.05) is 0 Å². The first-order valence-electron chi connectivity index (χ1n) is 7.79. The molecule has 2 aromatic rings. The van der Waals surface area contributed by atoms with Crippen molar-refractivity contribution in [1.82, 2.24) is 0 Å². The summed E-state index contributed by atoms with van der Waals surface area (Å²) in [4.78, 5) is 21.7. The minimum absolute atomic E-state index is 0.0309. The summed E-state index contributed by atoms with van der Waals surface area (Å²) in [5.74, 6) is -1.72. The molecule has 0 radical (unpaired) electrons. The Labute approximate surface area is 161 Å². The second-order valence-corrected chi connectivity index (χ2v) is 8.49. The number of ether oxygens (including phenoxy) is 1. The summed E-state index contributed by atoms with van der Waals surface area (Å²) in [6, 6.07) is 6.92. The number of hydrogen-bond acceptors (Lipinski definition) is 7. The third-order valence-electron chi connectivity index (χ3n) is 3.71. The van der Waals surface area contributed by atoms with Crippen LogP contribution in [0, 0.1) is 0 Å². The van der Waals surface area contributed by atoms with Crippen LogP contribution in [0.2, 0.25) is 0 Å². The standard InChI is InChI=1S/C17H16O9S2/c1-3-17(19)26-14-7-5-12(9-16(14)28(23,24)25)11-4-6-13(10(2)18)15(8-11)27(20,21)22/h4-9H,3H2,1-2H3,(H,20,21,22)(H,23,24,25). The van der Waals surface area contributed by atoms with Crippen LogP contribution in [0.25, 0.3) is 11.1 Å². The highest BCUT2D eigenvalue weighted by atomic mass is 32.2. The van der Waals surface area contributed by atoms with E-state index in [2.05, 4.69) is 0 Å². The maximum absolute atomic E-state index is 11.7. The van der Waals surface area contributed by atoms with Gasteiger partial charge in [0.1, 0.15) is 9.79 Å². The molecule has 0 amide bonds. The fourth-order valence-corrected chi connectivity index (χ4v) is 3.78. The zero-order valence-electron chi connectivity index (χ0n) is 14.7. The zero-order chi connectivity index (χ0) is 21.3. The van der Waals surface area contributed by atoms with Crippen LogP contribution in [0.15, 0.2) is 46.2 Å². The molecule has 2 N–H and O–H groups in total. The Morgan fingerprint density at radius 3 is 1.86 bits per heavy atom. The van der Waals surface area contributed by atoms with Crippen molar-refractivity contribution in [1.29, 1.82) is 0 Å². The van der Waals surface area contributed by atoms with Gasteiger partial charge in [0.2, 0.25) is 0 Å². The van der Waals surface area contributed by atoms with E-state index in [1.165, 1.54) is 25.1 Å². The maximum atomic E-state index is 11.7. The quantitative estimate of drug-likeness (QED) is 0.305. The van der Waals surface area contributed by atoms with Crippen LogP contribution in [-0.4, -0.2) is 37.7 Å². The summed E-state index contributed by atoms with van der Waals surface area (Å²) in [6.07, 6.45) is -0.0309. The van der Waals surface area contributed by atoms with Crippen LogP contribution in [0.5, 0.6) is 5.75 Å². The molecule has 0 fully saturated rings. The molecule has 0 aliphatic heterocycles. The molecule has 2 rings (SSSR count). The largest absolute Gasteiger partial charge is 0.425 e. The smallest absolute Gasteiger partial charge is 0.310 e. The number of ketones is 1. The first-order valence-corrected chi connectivity index (χ1v) is 10.7. The Morgan fingerprint density at radius 2 is 1.39 bits per heavy atom. The van der Waals surface area contributed by atoms with Crippen LogP contribution >= 0.6 is 0 Å². The molecule has 150 valence electrons. The Kier molecular flexibility index (Phi) is 6.04. The van der Waals surface area contributed by atoms with Gasteiger partial charge in [0.15, 0.2) is 11.5 Å². The van der Waals surface area contributed by atoms with Crippen molar-refractivity contribution >= 4 is 32.0 Å². The van der Waals surface area contributed by atoms with Gasteiger partial charge in [-0.3, -0.25) is 18.7 Å². The lowest BCUT2D eigenvalue weighted by molar-refractivity contribution is -0.134. The molecule has 11 heteroatoms. The highest BCUT2D eigenvalue weighted by molar-refractivity contribution is 7.86. The Balaban J connectivity index is 2.69. The highest BCUT2D eigenvalue weighted by Gasteiger charge is 2.22. The number of Topliss-reactive ketones (excluding diaryl/α,β-unsaturated/α-hetero) is 1. The number of hydrogen-bond donors (Lipinski definition) is 2. The number of esters is 1. The Bertz CT molecular complexity index is 1160. The van der Waals surface area contributed by atoms with Crippen LogP contribution < -0.4 is 4.74 Å². The van der Waals surface area contributed by atoms with Crippen molar-refractivity contribution in [3.63, 3.8) is 0 Å². The third kappa shape index (κ3) is 4.81. The highest BCUT2D eigenvalue weighted by Crippen LogP contribution is 2.32. The number of benzene rings is 2. The summed E-state index contributed by atoms with van der Waals surface area (Å²) in [7, 11) is -9.51. The molecule has 0 heterocycles. The Hall–Kier alpha value is -2.60. The van der Waals surface area contributed by atoms with Crippen LogP contribution in [0.4, 0.5) is 0 Å². The van der Waals surface area contributed by atoms with Gasteiger partial charge >= 0.3 is 5.97 Å². The molecular weight excluding hydrogens is 412 g/mol. The minimum atomic E-state index is -4.78. The normalized spacial score (nSPS) is 11.9. The first kappa shape index (κ1) is 21.7. The van der Waals surface area contributed by atoms with E-state index in [1.807, 2.05) is 0 Å². The molecule has 0 spiro atoms. The molecule has 0 unspecified atom stereocenters. The molecule has 9 nitrogen and oxygen atoms in total. The molecular formula is C17H16O9S2. The van der Waals surface area contributed by atoms with Crippen molar-refractivity contribution in [2.24, 2.45) is 0 Å².